The van der Waals surface area contributed by atoms with Crippen molar-refractivity contribution in [1.29, 1.82) is 5.26 Å². The molecule has 5 nitrogen and oxygen atoms in total. The zero-order chi connectivity index (χ0) is 14.9. The van der Waals surface area contributed by atoms with E-state index in [1.807, 2.05) is 19.9 Å². The monoisotopic (exact) mass is 356 g/mol. The SMILES string of the molecule is CC(C)n1c(Sc2ccc(C#N)c(Br)c2F)n[nH]c1=O. The highest BCUT2D eigenvalue weighted by atomic mass is 79.9. The molecule has 0 fully saturated rings. The number of nitrogens with one attached hydrogen (secondary N) is 1. The molecule has 0 amide bonds. The van der Waals surface area contributed by atoms with E-state index in [4.69, 9.17) is 5.26 Å². The molecule has 20 heavy (non-hydrogen) atoms. The lowest BCUT2D eigenvalue weighted by Crippen LogP contribution is -2.19. The van der Waals surface area contributed by atoms with Crippen molar-refractivity contribution in [2.75, 3.05) is 0 Å². The molecule has 0 aliphatic carbocycles. The molecule has 0 bridgehead atoms. The van der Waals surface area contributed by atoms with Gasteiger partial charge in [0, 0.05) is 6.04 Å². The summed E-state index contributed by atoms with van der Waals surface area (Å²) in [7, 11) is 0. The Hall–Kier alpha value is -1.59. The summed E-state index contributed by atoms with van der Waals surface area (Å²) in [4.78, 5) is 11.9. The topological polar surface area (TPSA) is 74.5 Å². The van der Waals surface area contributed by atoms with E-state index >= 15 is 0 Å². The Morgan fingerprint density at radius 1 is 1.55 bits per heavy atom. The molecular weight excluding hydrogens is 347 g/mol. The van der Waals surface area contributed by atoms with Crippen molar-refractivity contribution >= 4 is 27.7 Å². The highest BCUT2D eigenvalue weighted by Crippen LogP contribution is 2.33. The molecule has 1 heterocycles. The number of H-pyrrole nitrogens is 1. The van der Waals surface area contributed by atoms with Gasteiger partial charge in [-0.05, 0) is 53.7 Å². The number of rotatable bonds is 3. The second kappa shape index (κ2) is 5.81. The van der Waals surface area contributed by atoms with Crippen LogP contribution < -0.4 is 5.69 Å². The van der Waals surface area contributed by atoms with E-state index in [-0.39, 0.29) is 26.7 Å². The molecular formula is C12H10BrFN4OS. The van der Waals surface area contributed by atoms with Gasteiger partial charge in [-0.3, -0.25) is 4.57 Å². The minimum Gasteiger partial charge on any atom is -0.267 e. The fraction of sp³-hybridized carbons (Fsp3) is 0.250. The Labute approximate surface area is 126 Å². The van der Waals surface area contributed by atoms with E-state index in [0.717, 1.165) is 11.8 Å². The van der Waals surface area contributed by atoms with Crippen LogP contribution in [0.2, 0.25) is 0 Å². The number of benzene rings is 1. The average Bonchev–Trinajstić information content (AvgIpc) is 2.76. The smallest absolute Gasteiger partial charge is 0.267 e. The summed E-state index contributed by atoms with van der Waals surface area (Å²) in [6.07, 6.45) is 0. The highest BCUT2D eigenvalue weighted by molar-refractivity contribution is 9.10. The summed E-state index contributed by atoms with van der Waals surface area (Å²) in [5.74, 6) is -0.542. The van der Waals surface area contributed by atoms with Crippen LogP contribution in [0, 0.1) is 17.1 Å². The minimum atomic E-state index is -0.542. The summed E-state index contributed by atoms with van der Waals surface area (Å²) >= 11 is 4.08. The molecule has 8 heteroatoms. The van der Waals surface area contributed by atoms with Crippen molar-refractivity contribution in [1.82, 2.24) is 14.8 Å². The number of hydrogen-bond acceptors (Lipinski definition) is 4. The van der Waals surface area contributed by atoms with Crippen molar-refractivity contribution < 1.29 is 4.39 Å². The first-order valence-corrected chi connectivity index (χ1v) is 7.29. The third-order valence-electron chi connectivity index (χ3n) is 2.56. The molecule has 1 aromatic carbocycles. The van der Waals surface area contributed by atoms with Crippen LogP contribution in [-0.4, -0.2) is 14.8 Å². The largest absolute Gasteiger partial charge is 0.344 e. The van der Waals surface area contributed by atoms with Crippen LogP contribution in [0.5, 0.6) is 0 Å². The quantitative estimate of drug-likeness (QED) is 0.916. The lowest BCUT2D eigenvalue weighted by Gasteiger charge is -2.09. The number of nitrogens with zero attached hydrogens (tertiary/aromatic N) is 3. The third kappa shape index (κ3) is 2.64. The maximum absolute atomic E-state index is 14.1. The van der Waals surface area contributed by atoms with E-state index in [1.54, 1.807) is 0 Å². The molecule has 0 radical (unpaired) electrons. The average molecular weight is 357 g/mol. The van der Waals surface area contributed by atoms with Crippen molar-refractivity contribution in [2.24, 2.45) is 0 Å². The van der Waals surface area contributed by atoms with E-state index in [9.17, 15) is 9.18 Å². The first-order valence-electron chi connectivity index (χ1n) is 5.68. The van der Waals surface area contributed by atoms with Crippen molar-refractivity contribution in [3.05, 3.63) is 38.5 Å². The Morgan fingerprint density at radius 3 is 2.85 bits per heavy atom. The number of halogens is 2. The first-order chi connectivity index (χ1) is 9.45. The van der Waals surface area contributed by atoms with Gasteiger partial charge >= 0.3 is 5.69 Å². The van der Waals surface area contributed by atoms with Gasteiger partial charge in [-0.25, -0.2) is 14.3 Å². The molecule has 2 aromatic rings. The molecule has 104 valence electrons. The number of hydrogen-bond donors (Lipinski definition) is 1. The van der Waals surface area contributed by atoms with E-state index < -0.39 is 5.82 Å². The molecule has 0 saturated heterocycles. The molecule has 0 unspecified atom stereocenters. The lowest BCUT2D eigenvalue weighted by molar-refractivity contribution is 0.533. The Bertz CT molecular complexity index is 747. The van der Waals surface area contributed by atoms with Gasteiger partial charge in [0.25, 0.3) is 0 Å². The van der Waals surface area contributed by atoms with Crippen LogP contribution in [0.4, 0.5) is 4.39 Å². The van der Waals surface area contributed by atoms with Gasteiger partial charge in [-0.2, -0.15) is 5.26 Å². The number of nitriles is 1. The van der Waals surface area contributed by atoms with E-state index in [0.29, 0.717) is 5.16 Å². The molecule has 2 rings (SSSR count). The van der Waals surface area contributed by atoms with Crippen LogP contribution in [0.3, 0.4) is 0 Å². The highest BCUT2D eigenvalue weighted by Gasteiger charge is 2.17. The predicted octanol–water partition coefficient (Wildman–Crippen LogP) is 3.08. The summed E-state index contributed by atoms with van der Waals surface area (Å²) in [6.45, 7) is 3.68. The van der Waals surface area contributed by atoms with Crippen LogP contribution in [-0.2, 0) is 0 Å². The standard InChI is InChI=1S/C12H10BrFN4OS/c1-6(2)18-11(19)16-17-12(18)20-8-4-3-7(5-15)9(13)10(8)14/h3-4,6H,1-2H3,(H,16,19). The maximum atomic E-state index is 14.1. The molecule has 0 saturated carbocycles. The molecule has 0 spiro atoms. The van der Waals surface area contributed by atoms with Crippen LogP contribution >= 0.6 is 27.7 Å². The van der Waals surface area contributed by atoms with Gasteiger partial charge in [0.15, 0.2) is 11.0 Å². The first kappa shape index (κ1) is 14.8. The fourth-order valence-corrected chi connectivity index (χ4v) is 3.19. The Morgan fingerprint density at radius 2 is 2.25 bits per heavy atom. The van der Waals surface area contributed by atoms with Crippen molar-refractivity contribution in [2.45, 2.75) is 29.9 Å². The normalized spacial score (nSPS) is 10.8. The predicted molar refractivity (Wildman–Crippen MR) is 76.2 cm³/mol. The molecule has 0 atom stereocenters. The summed E-state index contributed by atoms with van der Waals surface area (Å²) in [5.41, 5.74) is -0.120. The lowest BCUT2D eigenvalue weighted by atomic mass is 10.2. The Kier molecular flexibility index (Phi) is 4.30. The maximum Gasteiger partial charge on any atom is 0.344 e. The second-order valence-corrected chi connectivity index (χ2v) is 6.03. The van der Waals surface area contributed by atoms with Crippen molar-refractivity contribution in [3.63, 3.8) is 0 Å². The van der Waals surface area contributed by atoms with Gasteiger partial charge in [0.05, 0.1) is 14.9 Å². The molecule has 1 aromatic heterocycles. The summed E-state index contributed by atoms with van der Waals surface area (Å²) in [6, 6.07) is 4.81. The van der Waals surface area contributed by atoms with E-state index in [1.165, 1.54) is 16.7 Å². The molecule has 0 aliphatic rings. The zero-order valence-electron chi connectivity index (χ0n) is 10.6. The van der Waals surface area contributed by atoms with Crippen LogP contribution in [0.15, 0.2) is 31.5 Å². The van der Waals surface area contributed by atoms with Crippen molar-refractivity contribution in [3.8, 4) is 6.07 Å². The summed E-state index contributed by atoms with van der Waals surface area (Å²) in [5, 5.41) is 15.4. The van der Waals surface area contributed by atoms with Crippen LogP contribution in [0.25, 0.3) is 0 Å². The van der Waals surface area contributed by atoms with Crippen LogP contribution in [0.1, 0.15) is 25.5 Å². The molecule has 1 N–H and O–H groups in total. The minimum absolute atomic E-state index is 0.0892. The van der Waals surface area contributed by atoms with Gasteiger partial charge in [-0.15, -0.1) is 5.10 Å². The number of aromatic amines is 1. The summed E-state index contributed by atoms with van der Waals surface area (Å²) < 4.78 is 15.7. The van der Waals surface area contributed by atoms with Gasteiger partial charge in [0.1, 0.15) is 6.07 Å². The third-order valence-corrected chi connectivity index (χ3v) is 4.34. The molecule has 0 aliphatic heterocycles. The second-order valence-electron chi connectivity index (χ2n) is 4.23. The Balaban J connectivity index is 2.44. The fourth-order valence-electron chi connectivity index (χ4n) is 1.61. The van der Waals surface area contributed by atoms with E-state index in [2.05, 4.69) is 26.1 Å². The number of aromatic nitrogens is 3. The van der Waals surface area contributed by atoms with Gasteiger partial charge in [-0.1, -0.05) is 0 Å². The zero-order valence-corrected chi connectivity index (χ0v) is 13.0. The van der Waals surface area contributed by atoms with Gasteiger partial charge in [0.2, 0.25) is 0 Å². The van der Waals surface area contributed by atoms with Gasteiger partial charge < -0.3 is 0 Å².